The van der Waals surface area contributed by atoms with E-state index in [9.17, 15) is 20.4 Å². The minimum Gasteiger partial charge on any atom is -0.504 e. The summed E-state index contributed by atoms with van der Waals surface area (Å²) in [5.41, 5.74) is 2.16. The summed E-state index contributed by atoms with van der Waals surface area (Å²) in [5, 5.41) is 39.5. The van der Waals surface area contributed by atoms with Crippen molar-refractivity contribution in [2.24, 2.45) is 16.7 Å². The van der Waals surface area contributed by atoms with Gasteiger partial charge in [-0.05, 0) is 76.8 Å². The maximum atomic E-state index is 10.1. The molecule has 3 unspecified atom stereocenters. The van der Waals surface area contributed by atoms with Crippen LogP contribution in [0.3, 0.4) is 0 Å². The molecule has 0 spiro atoms. The Hall–Kier alpha value is -2.36. The van der Waals surface area contributed by atoms with Crippen molar-refractivity contribution in [3.63, 3.8) is 0 Å². The lowest BCUT2D eigenvalue weighted by atomic mass is 9.63. The standard InChI is InChI=1S/C22H26O4/c1-21(2)14-8-9-22(21,3)20(13-5-7-16(24)18(26)11-13)19(14)12-4-6-15(23)17(25)10-12/h4-7,10-11,14,19-20,23-26H,8-9H2,1-3H3/t14?,19?,20-,22?/m1/s1. The van der Waals surface area contributed by atoms with Gasteiger partial charge >= 0.3 is 0 Å². The average molecular weight is 354 g/mol. The molecule has 138 valence electrons. The van der Waals surface area contributed by atoms with E-state index in [0.29, 0.717) is 5.92 Å². The van der Waals surface area contributed by atoms with Gasteiger partial charge in [0.05, 0.1) is 0 Å². The van der Waals surface area contributed by atoms with Crippen LogP contribution in [-0.2, 0) is 0 Å². The van der Waals surface area contributed by atoms with Crippen molar-refractivity contribution in [3.05, 3.63) is 47.5 Å². The lowest BCUT2D eigenvalue weighted by molar-refractivity contribution is 0.134. The summed E-state index contributed by atoms with van der Waals surface area (Å²) in [6, 6.07) is 10.3. The number of phenolic OH excluding ortho intramolecular Hbond substituents is 4. The van der Waals surface area contributed by atoms with Crippen molar-refractivity contribution in [1.29, 1.82) is 0 Å². The predicted octanol–water partition coefficient (Wildman–Crippen LogP) is 4.83. The Bertz CT molecular complexity index is 872. The van der Waals surface area contributed by atoms with Gasteiger partial charge in [0.15, 0.2) is 23.0 Å². The second-order valence-electron chi connectivity index (χ2n) is 8.78. The number of rotatable bonds is 2. The summed E-state index contributed by atoms with van der Waals surface area (Å²) in [7, 11) is 0. The van der Waals surface area contributed by atoms with E-state index < -0.39 is 0 Å². The highest BCUT2D eigenvalue weighted by molar-refractivity contribution is 5.48. The lowest BCUT2D eigenvalue weighted by Crippen LogP contribution is -2.31. The second kappa shape index (κ2) is 5.32. The van der Waals surface area contributed by atoms with Gasteiger partial charge in [-0.1, -0.05) is 32.9 Å². The molecule has 2 aromatic carbocycles. The molecule has 0 saturated heterocycles. The first-order valence-electron chi connectivity index (χ1n) is 9.20. The fraction of sp³-hybridized carbons (Fsp3) is 0.455. The number of hydrogen-bond donors (Lipinski definition) is 4. The van der Waals surface area contributed by atoms with Crippen LogP contribution in [0.15, 0.2) is 36.4 Å². The van der Waals surface area contributed by atoms with E-state index in [4.69, 9.17) is 0 Å². The number of hydrogen-bond acceptors (Lipinski definition) is 4. The molecule has 2 saturated carbocycles. The van der Waals surface area contributed by atoms with Crippen LogP contribution in [0.25, 0.3) is 0 Å². The Morgan fingerprint density at radius 2 is 1.31 bits per heavy atom. The van der Waals surface area contributed by atoms with E-state index in [1.54, 1.807) is 24.3 Å². The summed E-state index contributed by atoms with van der Waals surface area (Å²) < 4.78 is 0. The van der Waals surface area contributed by atoms with E-state index >= 15 is 0 Å². The molecule has 4 heteroatoms. The Morgan fingerprint density at radius 1 is 0.769 bits per heavy atom. The van der Waals surface area contributed by atoms with Crippen LogP contribution in [0.1, 0.15) is 56.6 Å². The molecule has 4 rings (SSSR count). The molecule has 0 amide bonds. The van der Waals surface area contributed by atoms with Gasteiger partial charge in [0.2, 0.25) is 0 Å². The highest BCUT2D eigenvalue weighted by atomic mass is 16.3. The Balaban J connectivity index is 1.90. The van der Waals surface area contributed by atoms with Gasteiger partial charge in [0.1, 0.15) is 0 Å². The van der Waals surface area contributed by atoms with Gasteiger partial charge in [-0.3, -0.25) is 0 Å². The van der Waals surface area contributed by atoms with Crippen molar-refractivity contribution in [3.8, 4) is 23.0 Å². The van der Waals surface area contributed by atoms with Crippen LogP contribution in [0.5, 0.6) is 23.0 Å². The molecule has 26 heavy (non-hydrogen) atoms. The zero-order valence-corrected chi connectivity index (χ0v) is 15.4. The Kier molecular flexibility index (Phi) is 3.49. The van der Waals surface area contributed by atoms with Gasteiger partial charge in [0.25, 0.3) is 0 Å². The zero-order chi connectivity index (χ0) is 18.9. The molecule has 0 radical (unpaired) electrons. The van der Waals surface area contributed by atoms with Crippen LogP contribution < -0.4 is 0 Å². The van der Waals surface area contributed by atoms with Crippen LogP contribution >= 0.6 is 0 Å². The molecule has 0 heterocycles. The molecule has 2 aromatic rings. The minimum atomic E-state index is -0.111. The van der Waals surface area contributed by atoms with Gasteiger partial charge in [-0.25, -0.2) is 0 Å². The van der Waals surface area contributed by atoms with Crippen LogP contribution in [0.4, 0.5) is 0 Å². The van der Waals surface area contributed by atoms with Crippen molar-refractivity contribution in [2.75, 3.05) is 0 Å². The van der Waals surface area contributed by atoms with E-state index in [1.807, 2.05) is 12.1 Å². The summed E-state index contributed by atoms with van der Waals surface area (Å²) in [6.45, 7) is 6.96. The van der Waals surface area contributed by atoms with Crippen molar-refractivity contribution in [2.45, 2.75) is 45.4 Å². The number of phenols is 4. The molecule has 2 bridgehead atoms. The maximum absolute atomic E-state index is 10.1. The van der Waals surface area contributed by atoms with Gasteiger partial charge in [-0.2, -0.15) is 0 Å². The fourth-order valence-electron chi connectivity index (χ4n) is 5.86. The molecular weight excluding hydrogens is 328 g/mol. The molecule has 4 N–H and O–H groups in total. The third-order valence-corrected chi connectivity index (χ3v) is 7.60. The van der Waals surface area contributed by atoms with Crippen molar-refractivity contribution >= 4 is 0 Å². The number of benzene rings is 2. The minimum absolute atomic E-state index is 0.0409. The second-order valence-corrected chi connectivity index (χ2v) is 8.78. The summed E-state index contributed by atoms with van der Waals surface area (Å²) >= 11 is 0. The lowest BCUT2D eigenvalue weighted by Gasteiger charge is -2.41. The number of fused-ring (bicyclic) bond motifs is 2. The fourth-order valence-corrected chi connectivity index (χ4v) is 5.86. The summed E-state index contributed by atoms with van der Waals surface area (Å²) in [5.74, 6) is 0.365. The SMILES string of the molecule is CC1(C)C2CCC1(C)[C@H](c1ccc(O)c(O)c1)C2c1ccc(O)c(O)c1. The van der Waals surface area contributed by atoms with Crippen LogP contribution in [0, 0.1) is 16.7 Å². The summed E-state index contributed by atoms with van der Waals surface area (Å²) in [4.78, 5) is 0. The Labute approximate surface area is 153 Å². The van der Waals surface area contributed by atoms with Crippen LogP contribution in [0.2, 0.25) is 0 Å². The largest absolute Gasteiger partial charge is 0.504 e. The first-order valence-corrected chi connectivity index (χ1v) is 9.20. The average Bonchev–Trinajstić information content (AvgIpc) is 2.91. The smallest absolute Gasteiger partial charge is 0.157 e. The first kappa shape index (κ1) is 17.1. The van der Waals surface area contributed by atoms with E-state index in [2.05, 4.69) is 20.8 Å². The normalized spacial score (nSPS) is 32.0. The molecule has 2 aliphatic carbocycles. The summed E-state index contributed by atoms with van der Waals surface area (Å²) in [6.07, 6.45) is 2.23. The first-order chi connectivity index (χ1) is 12.2. The molecule has 0 aliphatic heterocycles. The van der Waals surface area contributed by atoms with Gasteiger partial charge < -0.3 is 20.4 Å². The zero-order valence-electron chi connectivity index (χ0n) is 15.4. The van der Waals surface area contributed by atoms with E-state index in [1.165, 1.54) is 0 Å². The van der Waals surface area contributed by atoms with Gasteiger partial charge in [-0.15, -0.1) is 0 Å². The maximum Gasteiger partial charge on any atom is 0.157 e. The highest BCUT2D eigenvalue weighted by Gasteiger charge is 2.66. The molecule has 4 atom stereocenters. The van der Waals surface area contributed by atoms with Crippen molar-refractivity contribution < 1.29 is 20.4 Å². The van der Waals surface area contributed by atoms with E-state index in [-0.39, 0.29) is 45.7 Å². The Morgan fingerprint density at radius 3 is 1.88 bits per heavy atom. The third kappa shape index (κ3) is 2.08. The monoisotopic (exact) mass is 354 g/mol. The molecule has 0 aromatic heterocycles. The molecule has 4 nitrogen and oxygen atoms in total. The third-order valence-electron chi connectivity index (χ3n) is 7.60. The molecular formula is C22H26O4. The molecule has 2 aliphatic rings. The predicted molar refractivity (Wildman–Crippen MR) is 99.6 cm³/mol. The molecule has 2 fully saturated rings. The van der Waals surface area contributed by atoms with E-state index in [0.717, 1.165) is 24.0 Å². The highest BCUT2D eigenvalue weighted by Crippen LogP contribution is 2.75. The number of aromatic hydroxyl groups is 4. The van der Waals surface area contributed by atoms with Crippen molar-refractivity contribution in [1.82, 2.24) is 0 Å². The quantitative estimate of drug-likeness (QED) is 0.582. The topological polar surface area (TPSA) is 80.9 Å². The van der Waals surface area contributed by atoms with Gasteiger partial charge in [0, 0.05) is 0 Å². The van der Waals surface area contributed by atoms with Crippen LogP contribution in [-0.4, -0.2) is 20.4 Å².